The number of aliphatic imine (C=N–C) groups is 1. The Balaban J connectivity index is 1.56. The van der Waals surface area contributed by atoms with Crippen LogP contribution in [0.15, 0.2) is 98.4 Å². The molecule has 2 aromatic heterocycles. The van der Waals surface area contributed by atoms with Crippen LogP contribution < -0.4 is 5.32 Å². The molecule has 1 amide bonds. The number of aromatic nitrogens is 1. The van der Waals surface area contributed by atoms with Gasteiger partial charge in [-0.2, -0.15) is 0 Å². The molecule has 1 aliphatic heterocycles. The predicted molar refractivity (Wildman–Crippen MR) is 121 cm³/mol. The third-order valence-electron chi connectivity index (χ3n) is 5.05. The lowest BCUT2D eigenvalue weighted by atomic mass is 10.0. The third-order valence-corrected chi connectivity index (χ3v) is 6.19. The van der Waals surface area contributed by atoms with Crippen LogP contribution in [0, 0.1) is 6.92 Å². The first-order valence-corrected chi connectivity index (χ1v) is 10.7. The lowest BCUT2D eigenvalue weighted by Crippen LogP contribution is -2.22. The summed E-state index contributed by atoms with van der Waals surface area (Å²) in [5, 5.41) is 2.89. The molecule has 4 aromatic rings. The van der Waals surface area contributed by atoms with Gasteiger partial charge >= 0.3 is 0 Å². The highest BCUT2D eigenvalue weighted by Gasteiger charge is 2.21. The SMILES string of the molecule is Cc1cccnc1C1=Nc2cc(C(=O)NCc3ccco3)ccc2Sc2ccccc21. The minimum absolute atomic E-state index is 0.170. The van der Waals surface area contributed by atoms with Gasteiger partial charge < -0.3 is 9.73 Å². The van der Waals surface area contributed by atoms with Gasteiger partial charge in [0.2, 0.25) is 0 Å². The normalized spacial score (nSPS) is 12.4. The maximum absolute atomic E-state index is 12.7. The molecule has 0 saturated carbocycles. The summed E-state index contributed by atoms with van der Waals surface area (Å²) in [4.78, 5) is 24.4. The van der Waals surface area contributed by atoms with Gasteiger partial charge in [-0.25, -0.2) is 4.99 Å². The van der Waals surface area contributed by atoms with Crippen molar-refractivity contribution in [1.29, 1.82) is 0 Å². The van der Waals surface area contributed by atoms with Crippen LogP contribution in [0.3, 0.4) is 0 Å². The average molecular weight is 426 g/mol. The van der Waals surface area contributed by atoms with E-state index < -0.39 is 0 Å². The second-order valence-electron chi connectivity index (χ2n) is 7.17. The molecule has 0 bridgehead atoms. The molecule has 0 saturated heterocycles. The lowest BCUT2D eigenvalue weighted by Gasteiger charge is -2.10. The van der Waals surface area contributed by atoms with Crippen LogP contribution in [0.4, 0.5) is 5.69 Å². The van der Waals surface area contributed by atoms with Crippen LogP contribution in [0.5, 0.6) is 0 Å². The number of carbonyl (C=O) groups is 1. The highest BCUT2D eigenvalue weighted by Crippen LogP contribution is 2.41. The fourth-order valence-corrected chi connectivity index (χ4v) is 4.48. The maximum Gasteiger partial charge on any atom is 0.251 e. The summed E-state index contributed by atoms with van der Waals surface area (Å²) < 4.78 is 5.29. The van der Waals surface area contributed by atoms with Crippen LogP contribution >= 0.6 is 11.8 Å². The second kappa shape index (κ2) is 8.24. The van der Waals surface area contributed by atoms with E-state index in [4.69, 9.17) is 9.41 Å². The van der Waals surface area contributed by atoms with Crippen molar-refractivity contribution in [3.63, 3.8) is 0 Å². The summed E-state index contributed by atoms with van der Waals surface area (Å²) in [6.07, 6.45) is 3.37. The highest BCUT2D eigenvalue weighted by atomic mass is 32.2. The van der Waals surface area contributed by atoms with Crippen LogP contribution in [-0.2, 0) is 6.54 Å². The second-order valence-corrected chi connectivity index (χ2v) is 8.26. The largest absolute Gasteiger partial charge is 0.467 e. The van der Waals surface area contributed by atoms with E-state index in [2.05, 4.69) is 22.4 Å². The minimum Gasteiger partial charge on any atom is -0.467 e. The Labute approximate surface area is 184 Å². The molecule has 0 aliphatic carbocycles. The van der Waals surface area contributed by atoms with Crippen molar-refractivity contribution in [2.24, 2.45) is 4.99 Å². The fourth-order valence-electron chi connectivity index (χ4n) is 3.48. The monoisotopic (exact) mass is 425 g/mol. The zero-order valence-electron chi connectivity index (χ0n) is 16.8. The van der Waals surface area contributed by atoms with E-state index in [1.807, 2.05) is 55.5 Å². The number of carbonyl (C=O) groups excluding carboxylic acids is 1. The van der Waals surface area contributed by atoms with Gasteiger partial charge in [0.1, 0.15) is 5.76 Å². The molecular weight excluding hydrogens is 406 g/mol. The summed E-state index contributed by atoms with van der Waals surface area (Å²) in [5.74, 6) is 0.539. The molecule has 3 heterocycles. The number of pyridine rings is 1. The molecule has 1 N–H and O–H groups in total. The number of hydrogen-bond donors (Lipinski definition) is 1. The molecule has 5 rings (SSSR count). The van der Waals surface area contributed by atoms with Crippen molar-refractivity contribution >= 4 is 29.1 Å². The summed E-state index contributed by atoms with van der Waals surface area (Å²) in [5.41, 5.74) is 5.06. The number of aryl methyl sites for hydroxylation is 1. The van der Waals surface area contributed by atoms with Gasteiger partial charge in [-0.05, 0) is 55.0 Å². The van der Waals surface area contributed by atoms with Crippen molar-refractivity contribution in [3.8, 4) is 0 Å². The van der Waals surface area contributed by atoms with Gasteiger partial charge in [0.05, 0.1) is 29.9 Å². The first-order valence-electron chi connectivity index (χ1n) is 9.91. The van der Waals surface area contributed by atoms with Crippen LogP contribution in [0.25, 0.3) is 0 Å². The maximum atomic E-state index is 12.7. The number of nitrogens with zero attached hydrogens (tertiary/aromatic N) is 2. The molecule has 0 radical (unpaired) electrons. The Kier molecular flexibility index (Phi) is 5.14. The molecule has 1 aliphatic rings. The van der Waals surface area contributed by atoms with Crippen molar-refractivity contribution < 1.29 is 9.21 Å². The number of rotatable bonds is 4. The van der Waals surface area contributed by atoms with E-state index in [1.165, 1.54) is 0 Å². The Bertz CT molecular complexity index is 1300. The molecule has 2 aromatic carbocycles. The molecule has 31 heavy (non-hydrogen) atoms. The van der Waals surface area contributed by atoms with Gasteiger partial charge in [-0.1, -0.05) is 36.0 Å². The van der Waals surface area contributed by atoms with Gasteiger partial charge in [0.25, 0.3) is 5.91 Å². The zero-order valence-corrected chi connectivity index (χ0v) is 17.6. The predicted octanol–water partition coefficient (Wildman–Crippen LogP) is 5.55. The molecule has 0 fully saturated rings. The molecule has 0 spiro atoms. The quantitative estimate of drug-likeness (QED) is 0.410. The topological polar surface area (TPSA) is 67.5 Å². The number of amides is 1. The first-order chi connectivity index (χ1) is 15.2. The van der Waals surface area contributed by atoms with Crippen LogP contribution in [0.2, 0.25) is 0 Å². The van der Waals surface area contributed by atoms with Crippen molar-refractivity contribution in [2.75, 3.05) is 0 Å². The molecule has 0 unspecified atom stereocenters. The standard InChI is InChI=1S/C25H19N3O2S/c1-16-6-4-12-26-23(16)24-19-8-2-3-9-21(19)31-22-11-10-17(14-20(22)28-24)25(29)27-15-18-7-5-13-30-18/h2-14H,15H2,1H3,(H,27,29). The highest BCUT2D eigenvalue weighted by molar-refractivity contribution is 7.99. The van der Waals surface area contributed by atoms with Crippen molar-refractivity contribution in [1.82, 2.24) is 10.3 Å². The van der Waals surface area contributed by atoms with Crippen molar-refractivity contribution in [2.45, 2.75) is 23.3 Å². The van der Waals surface area contributed by atoms with E-state index in [-0.39, 0.29) is 5.91 Å². The molecule has 0 atom stereocenters. The van der Waals surface area contributed by atoms with Crippen LogP contribution in [-0.4, -0.2) is 16.6 Å². The van der Waals surface area contributed by atoms with Crippen molar-refractivity contribution in [3.05, 3.63) is 107 Å². The van der Waals surface area contributed by atoms with E-state index in [0.717, 1.165) is 38.0 Å². The van der Waals surface area contributed by atoms with E-state index >= 15 is 0 Å². The zero-order chi connectivity index (χ0) is 21.2. The summed E-state index contributed by atoms with van der Waals surface area (Å²) in [7, 11) is 0. The Morgan fingerprint density at radius 1 is 1.03 bits per heavy atom. The molecule has 6 heteroatoms. The smallest absolute Gasteiger partial charge is 0.251 e. The van der Waals surface area contributed by atoms with Gasteiger partial charge in [-0.3, -0.25) is 9.78 Å². The lowest BCUT2D eigenvalue weighted by molar-refractivity contribution is 0.0948. The fraction of sp³-hybridized carbons (Fsp3) is 0.0800. The van der Waals surface area contributed by atoms with E-state index in [1.54, 1.807) is 30.3 Å². The summed E-state index contributed by atoms with van der Waals surface area (Å²) in [6.45, 7) is 2.37. The number of benzene rings is 2. The van der Waals surface area contributed by atoms with E-state index in [9.17, 15) is 4.79 Å². The Hall–Kier alpha value is -3.64. The third kappa shape index (κ3) is 3.90. The van der Waals surface area contributed by atoms with Gasteiger partial charge in [0.15, 0.2) is 0 Å². The minimum atomic E-state index is -0.170. The van der Waals surface area contributed by atoms with Gasteiger partial charge in [0, 0.05) is 27.1 Å². The summed E-state index contributed by atoms with van der Waals surface area (Å²) in [6, 6.07) is 21.4. The number of furan rings is 1. The number of nitrogens with one attached hydrogen (secondary N) is 1. The summed E-state index contributed by atoms with van der Waals surface area (Å²) >= 11 is 1.65. The van der Waals surface area contributed by atoms with Gasteiger partial charge in [-0.15, -0.1) is 0 Å². The Morgan fingerprint density at radius 3 is 2.77 bits per heavy atom. The molecular formula is C25H19N3O2S. The molecule has 5 nitrogen and oxygen atoms in total. The average Bonchev–Trinajstić information content (AvgIpc) is 3.26. The van der Waals surface area contributed by atoms with E-state index in [0.29, 0.717) is 17.9 Å². The number of fused-ring (bicyclic) bond motifs is 2. The number of hydrogen-bond acceptors (Lipinski definition) is 5. The molecule has 152 valence electrons. The van der Waals surface area contributed by atoms with Crippen LogP contribution in [0.1, 0.15) is 32.9 Å². The first kappa shape index (κ1) is 19.3. The Morgan fingerprint density at radius 2 is 1.94 bits per heavy atom.